The van der Waals surface area contributed by atoms with E-state index in [2.05, 4.69) is 10.1 Å². The molecule has 1 saturated carbocycles. The monoisotopic (exact) mass is 274 g/mol. The molecule has 0 aromatic rings. The van der Waals surface area contributed by atoms with Crippen LogP contribution < -0.4 is 11.1 Å². The zero-order chi connectivity index (χ0) is 13.4. The fraction of sp³-hybridized carbons (Fsp3) is 0.833. The smallest absolute Gasteiger partial charge is 0.323 e. The second-order valence-corrected chi connectivity index (χ2v) is 5.58. The van der Waals surface area contributed by atoms with E-state index in [1.54, 1.807) is 0 Å². The number of ether oxygens (including phenoxy) is 1. The van der Waals surface area contributed by atoms with Crippen LogP contribution in [0.5, 0.6) is 0 Å². The number of carbonyl (C=O) groups excluding carboxylic acids is 2. The van der Waals surface area contributed by atoms with Gasteiger partial charge in [0, 0.05) is 11.8 Å². The highest BCUT2D eigenvalue weighted by Gasteiger charge is 2.17. The number of nitrogens with two attached hydrogens (primary N) is 1. The lowest BCUT2D eigenvalue weighted by atomic mass is 9.95. The fourth-order valence-corrected chi connectivity index (χ4v) is 2.79. The van der Waals surface area contributed by atoms with Crippen molar-refractivity contribution in [1.82, 2.24) is 5.32 Å². The number of thioether (sulfide) groups is 1. The molecule has 5 nitrogen and oxygen atoms in total. The lowest BCUT2D eigenvalue weighted by molar-refractivity contribution is -0.141. The molecule has 0 radical (unpaired) electrons. The van der Waals surface area contributed by atoms with Gasteiger partial charge in [0.05, 0.1) is 12.9 Å². The van der Waals surface area contributed by atoms with Gasteiger partial charge in [-0.3, -0.25) is 9.59 Å². The molecule has 1 atom stereocenters. The molecule has 1 aliphatic carbocycles. The topological polar surface area (TPSA) is 81.4 Å². The van der Waals surface area contributed by atoms with Gasteiger partial charge in [-0.05, 0) is 12.8 Å². The van der Waals surface area contributed by atoms with Gasteiger partial charge >= 0.3 is 5.97 Å². The molecule has 1 rings (SSSR count). The molecule has 1 fully saturated rings. The number of amides is 1. The average molecular weight is 274 g/mol. The van der Waals surface area contributed by atoms with E-state index in [1.807, 2.05) is 0 Å². The number of methoxy groups -OCH3 is 1. The molecule has 0 heterocycles. The van der Waals surface area contributed by atoms with Gasteiger partial charge in [0.25, 0.3) is 0 Å². The van der Waals surface area contributed by atoms with Crippen molar-refractivity contribution in [2.75, 3.05) is 18.6 Å². The van der Waals surface area contributed by atoms with E-state index in [-0.39, 0.29) is 5.91 Å². The molecule has 0 spiro atoms. The number of esters is 1. The van der Waals surface area contributed by atoms with Crippen molar-refractivity contribution in [2.45, 2.75) is 44.2 Å². The molecule has 6 heteroatoms. The van der Waals surface area contributed by atoms with Crippen molar-refractivity contribution in [3.63, 3.8) is 0 Å². The van der Waals surface area contributed by atoms with Crippen LogP contribution in [0.25, 0.3) is 0 Å². The lowest BCUT2D eigenvalue weighted by Crippen LogP contribution is -2.38. The Kier molecular flexibility index (Phi) is 7.12. The van der Waals surface area contributed by atoms with Crippen LogP contribution in [0.1, 0.15) is 32.1 Å². The van der Waals surface area contributed by atoms with E-state index in [9.17, 15) is 9.59 Å². The quantitative estimate of drug-likeness (QED) is 0.696. The van der Waals surface area contributed by atoms with Crippen LogP contribution in [0.3, 0.4) is 0 Å². The first-order valence-electron chi connectivity index (χ1n) is 6.34. The van der Waals surface area contributed by atoms with Crippen molar-refractivity contribution in [1.29, 1.82) is 0 Å². The number of hydrogen-bond acceptors (Lipinski definition) is 5. The van der Waals surface area contributed by atoms with Gasteiger partial charge < -0.3 is 15.8 Å². The van der Waals surface area contributed by atoms with Crippen LogP contribution in [0.15, 0.2) is 0 Å². The summed E-state index contributed by atoms with van der Waals surface area (Å²) in [6.07, 6.45) is 5.84. The Morgan fingerprint density at radius 3 is 2.67 bits per heavy atom. The Morgan fingerprint density at radius 2 is 2.06 bits per heavy atom. The highest BCUT2D eigenvalue weighted by atomic mass is 32.2. The predicted molar refractivity (Wildman–Crippen MR) is 72.3 cm³/mol. The third-order valence-corrected chi connectivity index (χ3v) is 4.07. The molecule has 0 aliphatic heterocycles. The van der Waals surface area contributed by atoms with Crippen molar-refractivity contribution >= 4 is 23.6 Å². The van der Waals surface area contributed by atoms with E-state index >= 15 is 0 Å². The summed E-state index contributed by atoms with van der Waals surface area (Å²) in [4.78, 5) is 22.7. The van der Waals surface area contributed by atoms with Gasteiger partial charge in [0.2, 0.25) is 5.91 Å². The summed E-state index contributed by atoms with van der Waals surface area (Å²) in [6, 6.07) is -0.316. The number of rotatable bonds is 6. The average Bonchev–Trinajstić information content (AvgIpc) is 2.38. The third-order valence-electron chi connectivity index (χ3n) is 3.00. The van der Waals surface area contributed by atoms with Crippen LogP contribution >= 0.6 is 11.8 Å². The Morgan fingerprint density at radius 1 is 1.39 bits per heavy atom. The molecule has 1 unspecified atom stereocenters. The summed E-state index contributed by atoms with van der Waals surface area (Å²) in [6.45, 7) is 0. The third kappa shape index (κ3) is 5.73. The number of hydrogen-bond donors (Lipinski definition) is 2. The summed E-state index contributed by atoms with van der Waals surface area (Å²) >= 11 is 1.36. The van der Waals surface area contributed by atoms with Crippen molar-refractivity contribution in [3.8, 4) is 0 Å². The van der Waals surface area contributed by atoms with Crippen molar-refractivity contribution in [2.24, 2.45) is 5.73 Å². The summed E-state index contributed by atoms with van der Waals surface area (Å²) in [5.74, 6) is 0.352. The SMILES string of the molecule is COC(=O)C(N)CSCC(=O)NC1CCCCC1. The van der Waals surface area contributed by atoms with E-state index in [0.29, 0.717) is 17.5 Å². The minimum absolute atomic E-state index is 0.0314. The molecule has 1 aliphatic rings. The molecular formula is C12H22N2O3S. The maximum Gasteiger partial charge on any atom is 0.323 e. The molecule has 1 amide bonds. The normalized spacial score (nSPS) is 18.1. The van der Waals surface area contributed by atoms with E-state index in [0.717, 1.165) is 12.8 Å². The maximum absolute atomic E-state index is 11.6. The van der Waals surface area contributed by atoms with Gasteiger partial charge in [0.1, 0.15) is 6.04 Å². The minimum atomic E-state index is -0.650. The summed E-state index contributed by atoms with van der Waals surface area (Å²) < 4.78 is 4.51. The van der Waals surface area contributed by atoms with Crippen LogP contribution in [0.4, 0.5) is 0 Å². The second-order valence-electron chi connectivity index (χ2n) is 4.55. The molecule has 0 bridgehead atoms. The molecule has 0 aromatic carbocycles. The summed E-state index contributed by atoms with van der Waals surface area (Å²) in [5, 5.41) is 3.02. The first kappa shape index (κ1) is 15.3. The van der Waals surface area contributed by atoms with Crippen molar-refractivity contribution < 1.29 is 14.3 Å². The number of nitrogens with one attached hydrogen (secondary N) is 1. The highest BCUT2D eigenvalue weighted by Crippen LogP contribution is 2.17. The van der Waals surface area contributed by atoms with Gasteiger partial charge in [0.15, 0.2) is 0 Å². The predicted octanol–water partition coefficient (Wildman–Crippen LogP) is 0.669. The van der Waals surface area contributed by atoms with E-state index < -0.39 is 12.0 Å². The van der Waals surface area contributed by atoms with Crippen LogP contribution in [-0.2, 0) is 14.3 Å². The molecule has 0 saturated heterocycles. The number of carbonyl (C=O) groups is 2. The van der Waals surface area contributed by atoms with E-state index in [4.69, 9.17) is 5.73 Å². The Hall–Kier alpha value is -0.750. The Bertz CT molecular complexity index is 280. The van der Waals surface area contributed by atoms with Gasteiger partial charge in [-0.15, -0.1) is 11.8 Å². The van der Waals surface area contributed by atoms with Gasteiger partial charge in [-0.2, -0.15) is 0 Å². The standard InChI is InChI=1S/C12H22N2O3S/c1-17-12(16)10(13)7-18-8-11(15)14-9-5-3-2-4-6-9/h9-10H,2-8,13H2,1H3,(H,14,15). The van der Waals surface area contributed by atoms with Gasteiger partial charge in [-0.1, -0.05) is 19.3 Å². The van der Waals surface area contributed by atoms with Crippen LogP contribution in [-0.4, -0.2) is 42.6 Å². The highest BCUT2D eigenvalue weighted by molar-refractivity contribution is 8.00. The Balaban J connectivity index is 2.11. The van der Waals surface area contributed by atoms with Gasteiger partial charge in [-0.25, -0.2) is 0 Å². The van der Waals surface area contributed by atoms with Crippen molar-refractivity contribution in [3.05, 3.63) is 0 Å². The molecule has 0 aromatic heterocycles. The summed E-state index contributed by atoms with van der Waals surface area (Å²) in [5.41, 5.74) is 5.57. The zero-order valence-corrected chi connectivity index (χ0v) is 11.6. The summed E-state index contributed by atoms with van der Waals surface area (Å²) in [7, 11) is 1.31. The van der Waals surface area contributed by atoms with E-state index in [1.165, 1.54) is 38.1 Å². The Labute approximate surface area is 112 Å². The largest absolute Gasteiger partial charge is 0.468 e. The molecule has 18 heavy (non-hydrogen) atoms. The lowest BCUT2D eigenvalue weighted by Gasteiger charge is -2.22. The van der Waals surface area contributed by atoms with Crippen LogP contribution in [0.2, 0.25) is 0 Å². The maximum atomic E-state index is 11.6. The zero-order valence-electron chi connectivity index (χ0n) is 10.8. The first-order valence-corrected chi connectivity index (χ1v) is 7.49. The first-order chi connectivity index (χ1) is 8.63. The minimum Gasteiger partial charge on any atom is -0.468 e. The molecule has 3 N–H and O–H groups in total. The second kappa shape index (κ2) is 8.37. The molecular weight excluding hydrogens is 252 g/mol. The molecule has 104 valence electrons. The fourth-order valence-electron chi connectivity index (χ4n) is 2.01. The van der Waals surface area contributed by atoms with Crippen LogP contribution in [0, 0.1) is 0 Å².